The Bertz CT molecular complexity index is 462. The molecule has 0 aromatic carbocycles. The summed E-state index contributed by atoms with van der Waals surface area (Å²) < 4.78 is 5.56. The van der Waals surface area contributed by atoms with Crippen molar-refractivity contribution in [3.05, 3.63) is 24.3 Å². The van der Waals surface area contributed by atoms with Crippen molar-refractivity contribution in [1.29, 1.82) is 0 Å². The van der Waals surface area contributed by atoms with Crippen molar-refractivity contribution in [2.75, 3.05) is 0 Å². The first kappa shape index (κ1) is 11.7. The Kier molecular flexibility index (Phi) is 2.47. The van der Waals surface area contributed by atoms with Crippen LogP contribution in [-0.4, -0.2) is 17.9 Å². The van der Waals surface area contributed by atoms with E-state index < -0.39 is 0 Å². The van der Waals surface area contributed by atoms with Gasteiger partial charge in [0.05, 0.1) is 5.92 Å². The minimum absolute atomic E-state index is 0.0303. The molecule has 0 spiro atoms. The van der Waals surface area contributed by atoms with Crippen LogP contribution in [0, 0.1) is 29.6 Å². The molecule has 0 amide bonds. The molecule has 3 nitrogen and oxygen atoms in total. The highest BCUT2D eigenvalue weighted by Gasteiger charge is 2.54. The van der Waals surface area contributed by atoms with Gasteiger partial charge in [-0.2, -0.15) is 0 Å². The summed E-state index contributed by atoms with van der Waals surface area (Å²) in [5.74, 6) is 0.356. The second kappa shape index (κ2) is 3.81. The zero-order valence-corrected chi connectivity index (χ0v) is 10.8. The van der Waals surface area contributed by atoms with Gasteiger partial charge >= 0.3 is 5.97 Å². The molecular formula is C15H18O3. The molecule has 0 unspecified atom stereocenters. The smallest absolute Gasteiger partial charge is 0.309 e. The molecule has 1 heterocycles. The topological polar surface area (TPSA) is 43.4 Å². The second-order valence-electron chi connectivity index (χ2n) is 5.84. The first-order valence-electron chi connectivity index (χ1n) is 6.61. The monoisotopic (exact) mass is 246 g/mol. The van der Waals surface area contributed by atoms with E-state index in [9.17, 15) is 9.59 Å². The first-order chi connectivity index (χ1) is 8.50. The summed E-state index contributed by atoms with van der Waals surface area (Å²) in [6, 6.07) is 0. The molecule has 0 aromatic heterocycles. The molecule has 6 atom stereocenters. The number of rotatable bonds is 0. The summed E-state index contributed by atoms with van der Waals surface area (Å²) in [4.78, 5) is 23.7. The number of carbonyl (C=O) groups excluding carboxylic acids is 2. The van der Waals surface area contributed by atoms with E-state index in [0.29, 0.717) is 6.42 Å². The van der Waals surface area contributed by atoms with Crippen molar-refractivity contribution in [2.24, 2.45) is 29.6 Å². The molecular weight excluding hydrogens is 228 g/mol. The molecule has 1 saturated carbocycles. The highest BCUT2D eigenvalue weighted by atomic mass is 16.6. The van der Waals surface area contributed by atoms with Crippen molar-refractivity contribution >= 4 is 11.8 Å². The normalized spacial score (nSPS) is 46.7. The summed E-state index contributed by atoms with van der Waals surface area (Å²) in [5, 5.41) is 0. The van der Waals surface area contributed by atoms with Gasteiger partial charge in [0.25, 0.3) is 0 Å². The van der Waals surface area contributed by atoms with Crippen LogP contribution in [0.15, 0.2) is 24.3 Å². The van der Waals surface area contributed by atoms with Crippen LogP contribution < -0.4 is 0 Å². The molecule has 0 radical (unpaired) electrons. The van der Waals surface area contributed by atoms with Gasteiger partial charge in [0, 0.05) is 24.2 Å². The van der Waals surface area contributed by atoms with Crippen molar-refractivity contribution in [1.82, 2.24) is 0 Å². The minimum atomic E-state index is -0.144. The fraction of sp³-hybridized carbons (Fsp3) is 0.600. The van der Waals surface area contributed by atoms with Gasteiger partial charge in [0.2, 0.25) is 0 Å². The van der Waals surface area contributed by atoms with Gasteiger partial charge in [-0.15, -0.1) is 0 Å². The Morgan fingerprint density at radius 2 is 2.00 bits per heavy atom. The Labute approximate surface area is 107 Å². The quantitative estimate of drug-likeness (QED) is 0.615. The number of ether oxygens (including phenoxy) is 1. The minimum Gasteiger partial charge on any atom is -0.461 e. The van der Waals surface area contributed by atoms with Crippen molar-refractivity contribution < 1.29 is 14.3 Å². The van der Waals surface area contributed by atoms with Gasteiger partial charge in [0.1, 0.15) is 11.9 Å². The molecule has 2 aliphatic carbocycles. The van der Waals surface area contributed by atoms with Crippen LogP contribution >= 0.6 is 0 Å². The van der Waals surface area contributed by atoms with Crippen LogP contribution in [-0.2, 0) is 14.3 Å². The molecule has 1 aliphatic heterocycles. The third-order valence-corrected chi connectivity index (χ3v) is 4.94. The maximum absolute atomic E-state index is 11.9. The van der Waals surface area contributed by atoms with Crippen LogP contribution in [0.25, 0.3) is 0 Å². The molecule has 0 aromatic rings. The van der Waals surface area contributed by atoms with E-state index >= 15 is 0 Å². The molecule has 1 saturated heterocycles. The standard InChI is InChI=1S/C15H18O3/c1-7-4-5-10-8(2)15(17)18-14(10)13-9(3)12(16)6-11(7)13/h4-5,8-11,13-14H,1,6H2,2-3H3/t8-,9+,10-,11+,13-,14-/m0/s1. The molecule has 3 aliphatic rings. The number of fused-ring (bicyclic) bond motifs is 3. The lowest BCUT2D eigenvalue weighted by molar-refractivity contribution is -0.146. The van der Waals surface area contributed by atoms with Gasteiger partial charge < -0.3 is 4.74 Å². The molecule has 3 heteroatoms. The summed E-state index contributed by atoms with van der Waals surface area (Å²) in [6.45, 7) is 7.94. The van der Waals surface area contributed by atoms with Gasteiger partial charge in [-0.3, -0.25) is 9.59 Å². The Morgan fingerprint density at radius 3 is 2.72 bits per heavy atom. The number of ketones is 1. The van der Waals surface area contributed by atoms with Gasteiger partial charge in [-0.05, 0) is 5.92 Å². The second-order valence-corrected chi connectivity index (χ2v) is 5.84. The van der Waals surface area contributed by atoms with Crippen LogP contribution in [0.3, 0.4) is 0 Å². The van der Waals surface area contributed by atoms with E-state index in [0.717, 1.165) is 5.57 Å². The number of hydrogen-bond acceptors (Lipinski definition) is 3. The van der Waals surface area contributed by atoms with E-state index in [-0.39, 0.29) is 47.4 Å². The van der Waals surface area contributed by atoms with Crippen molar-refractivity contribution in [3.8, 4) is 0 Å². The maximum Gasteiger partial charge on any atom is 0.309 e. The van der Waals surface area contributed by atoms with Crippen LogP contribution in [0.4, 0.5) is 0 Å². The highest BCUT2D eigenvalue weighted by Crippen LogP contribution is 2.49. The van der Waals surface area contributed by atoms with Crippen LogP contribution in [0.2, 0.25) is 0 Å². The fourth-order valence-corrected chi connectivity index (χ4v) is 3.72. The zero-order chi connectivity index (χ0) is 13.0. The van der Waals surface area contributed by atoms with E-state index in [1.165, 1.54) is 0 Å². The third kappa shape index (κ3) is 1.43. The fourth-order valence-electron chi connectivity index (χ4n) is 3.72. The van der Waals surface area contributed by atoms with E-state index in [2.05, 4.69) is 12.7 Å². The first-order valence-corrected chi connectivity index (χ1v) is 6.61. The Balaban J connectivity index is 2.03. The molecule has 96 valence electrons. The average molecular weight is 246 g/mol. The molecule has 0 N–H and O–H groups in total. The third-order valence-electron chi connectivity index (χ3n) is 4.94. The molecule has 2 fully saturated rings. The van der Waals surface area contributed by atoms with E-state index in [1.807, 2.05) is 19.9 Å². The predicted molar refractivity (Wildman–Crippen MR) is 66.6 cm³/mol. The highest BCUT2D eigenvalue weighted by molar-refractivity contribution is 5.85. The predicted octanol–water partition coefficient (Wildman–Crippen LogP) is 2.13. The van der Waals surface area contributed by atoms with Crippen molar-refractivity contribution in [3.63, 3.8) is 0 Å². The molecule has 0 bridgehead atoms. The Hall–Kier alpha value is -1.38. The number of allylic oxidation sites excluding steroid dienone is 2. The molecule has 18 heavy (non-hydrogen) atoms. The van der Waals surface area contributed by atoms with E-state index in [4.69, 9.17) is 4.74 Å². The SMILES string of the molecule is C=C1C=C[C@@H]2[C@H](OC(=O)[C@H]2C)[C@H]2[C@H](C)C(=O)C[C@H]12. The summed E-state index contributed by atoms with van der Waals surface area (Å²) in [6.07, 6.45) is 4.45. The summed E-state index contributed by atoms with van der Waals surface area (Å²) >= 11 is 0. The largest absolute Gasteiger partial charge is 0.461 e. The lowest BCUT2D eigenvalue weighted by Crippen LogP contribution is -2.32. The van der Waals surface area contributed by atoms with Crippen molar-refractivity contribution in [2.45, 2.75) is 26.4 Å². The number of carbonyl (C=O) groups is 2. The molecule has 3 rings (SSSR count). The summed E-state index contributed by atoms with van der Waals surface area (Å²) in [5.41, 5.74) is 1.01. The maximum atomic E-state index is 11.9. The van der Waals surface area contributed by atoms with E-state index in [1.54, 1.807) is 0 Å². The average Bonchev–Trinajstić information content (AvgIpc) is 2.72. The van der Waals surface area contributed by atoms with Crippen LogP contribution in [0.5, 0.6) is 0 Å². The van der Waals surface area contributed by atoms with Gasteiger partial charge in [0.15, 0.2) is 0 Å². The summed E-state index contributed by atoms with van der Waals surface area (Å²) in [7, 11) is 0. The number of hydrogen-bond donors (Lipinski definition) is 0. The van der Waals surface area contributed by atoms with Gasteiger partial charge in [-0.1, -0.05) is 38.2 Å². The van der Waals surface area contributed by atoms with Gasteiger partial charge in [-0.25, -0.2) is 0 Å². The number of esters is 1. The van der Waals surface area contributed by atoms with Crippen LogP contribution in [0.1, 0.15) is 20.3 Å². The Morgan fingerprint density at radius 1 is 1.28 bits per heavy atom. The number of Topliss-reactive ketones (excluding diaryl/α,β-unsaturated/α-hetero) is 1. The zero-order valence-electron chi connectivity index (χ0n) is 10.8. The lowest BCUT2D eigenvalue weighted by Gasteiger charge is -2.28. The lowest BCUT2D eigenvalue weighted by atomic mass is 9.78.